The van der Waals surface area contributed by atoms with Gasteiger partial charge in [0, 0.05) is 25.7 Å². The molecule has 3 N–H and O–H groups in total. The normalized spacial score (nSPS) is 14.1. The lowest BCUT2D eigenvalue weighted by Crippen LogP contribution is -2.30. The van der Waals surface area contributed by atoms with Gasteiger partial charge in [0.05, 0.1) is 26.4 Å². The summed E-state index contributed by atoms with van der Waals surface area (Å²) in [7, 11) is -9.93. The lowest BCUT2D eigenvalue weighted by atomic mass is 9.99. The van der Waals surface area contributed by atoms with E-state index in [1.165, 1.54) is 276 Å². The van der Waals surface area contributed by atoms with Gasteiger partial charge in [0.15, 0.2) is 12.2 Å². The van der Waals surface area contributed by atoms with Gasteiger partial charge in [-0.25, -0.2) is 9.13 Å². The van der Waals surface area contributed by atoms with Crippen molar-refractivity contribution in [3.63, 3.8) is 0 Å². The molecule has 0 saturated carbocycles. The Morgan fingerprint density at radius 3 is 0.724 bits per heavy atom. The molecule has 105 heavy (non-hydrogen) atoms. The molecule has 0 bridgehead atoms. The first-order valence-corrected chi connectivity index (χ1v) is 47.5. The van der Waals surface area contributed by atoms with Crippen LogP contribution in [0.4, 0.5) is 0 Å². The first kappa shape index (κ1) is 103. The van der Waals surface area contributed by atoms with E-state index in [4.69, 9.17) is 37.0 Å². The van der Waals surface area contributed by atoms with E-state index < -0.39 is 97.5 Å². The maximum absolute atomic E-state index is 13.1. The Morgan fingerprint density at radius 2 is 0.486 bits per heavy atom. The highest BCUT2D eigenvalue weighted by molar-refractivity contribution is 7.47. The van der Waals surface area contributed by atoms with Gasteiger partial charge in [0.1, 0.15) is 19.3 Å². The third-order valence-electron chi connectivity index (χ3n) is 20.6. The fourth-order valence-corrected chi connectivity index (χ4v) is 15.0. The minimum Gasteiger partial charge on any atom is -0.462 e. The molecule has 624 valence electrons. The highest BCUT2D eigenvalue weighted by Crippen LogP contribution is 2.45. The number of aliphatic hydroxyl groups excluding tert-OH is 1. The molecule has 17 nitrogen and oxygen atoms in total. The van der Waals surface area contributed by atoms with E-state index in [-0.39, 0.29) is 25.7 Å². The zero-order valence-electron chi connectivity index (χ0n) is 69.0. The molecule has 0 aromatic carbocycles. The van der Waals surface area contributed by atoms with E-state index in [9.17, 15) is 43.2 Å². The largest absolute Gasteiger partial charge is 0.472 e. The third kappa shape index (κ3) is 78.5. The lowest BCUT2D eigenvalue weighted by molar-refractivity contribution is -0.161. The average molecular weight is 1540 g/mol. The average Bonchev–Trinajstić information content (AvgIpc) is 0.918. The Kier molecular flexibility index (Phi) is 76.0. The second kappa shape index (κ2) is 77.4. The zero-order valence-corrected chi connectivity index (χ0v) is 70.8. The Labute approximate surface area is 645 Å². The number of phosphoric acid groups is 2. The van der Waals surface area contributed by atoms with Crippen molar-refractivity contribution in [3.05, 3.63) is 0 Å². The fourth-order valence-electron chi connectivity index (χ4n) is 13.4. The van der Waals surface area contributed by atoms with Crippen molar-refractivity contribution < 1.29 is 80.2 Å². The summed E-state index contributed by atoms with van der Waals surface area (Å²) in [4.78, 5) is 73.2. The van der Waals surface area contributed by atoms with Gasteiger partial charge >= 0.3 is 39.5 Å². The van der Waals surface area contributed by atoms with Gasteiger partial charge in [0.25, 0.3) is 0 Å². The van der Waals surface area contributed by atoms with Crippen molar-refractivity contribution in [3.8, 4) is 0 Å². The number of rotatable bonds is 85. The Bertz CT molecular complexity index is 2010. The van der Waals surface area contributed by atoms with Crippen molar-refractivity contribution in [2.24, 2.45) is 11.8 Å². The molecule has 0 aromatic heterocycles. The maximum Gasteiger partial charge on any atom is 0.472 e. The number of hydrogen-bond acceptors (Lipinski definition) is 15. The van der Waals surface area contributed by atoms with Gasteiger partial charge in [-0.15, -0.1) is 0 Å². The molecule has 0 aromatic rings. The van der Waals surface area contributed by atoms with Crippen LogP contribution in [0.15, 0.2) is 0 Å². The molecule has 0 aliphatic heterocycles. The second-order valence-electron chi connectivity index (χ2n) is 31.6. The van der Waals surface area contributed by atoms with Gasteiger partial charge in [-0.05, 0) is 37.5 Å². The van der Waals surface area contributed by atoms with Crippen molar-refractivity contribution >= 4 is 39.5 Å². The van der Waals surface area contributed by atoms with Gasteiger partial charge in [-0.1, -0.05) is 408 Å². The summed E-state index contributed by atoms with van der Waals surface area (Å²) in [6, 6.07) is 0. The van der Waals surface area contributed by atoms with Crippen LogP contribution in [-0.4, -0.2) is 96.7 Å². The number of ether oxygens (including phenoxy) is 4. The molecule has 0 spiro atoms. The molecule has 3 unspecified atom stereocenters. The summed E-state index contributed by atoms with van der Waals surface area (Å²) in [5, 5.41) is 10.7. The molecular weight excluding hydrogens is 1370 g/mol. The minimum atomic E-state index is -4.97. The van der Waals surface area contributed by atoms with Gasteiger partial charge in [-0.2, -0.15) is 0 Å². The number of hydrogen-bond donors (Lipinski definition) is 3. The van der Waals surface area contributed by atoms with Crippen molar-refractivity contribution in [2.75, 3.05) is 39.6 Å². The van der Waals surface area contributed by atoms with E-state index in [0.717, 1.165) is 102 Å². The Morgan fingerprint density at radius 1 is 0.276 bits per heavy atom. The van der Waals surface area contributed by atoms with Crippen LogP contribution in [0.5, 0.6) is 0 Å². The topological polar surface area (TPSA) is 237 Å². The second-order valence-corrected chi connectivity index (χ2v) is 34.6. The minimum absolute atomic E-state index is 0.108. The maximum atomic E-state index is 13.1. The van der Waals surface area contributed by atoms with Gasteiger partial charge < -0.3 is 33.8 Å². The first-order chi connectivity index (χ1) is 50.9. The number of carbonyl (C=O) groups is 4. The molecule has 0 rings (SSSR count). The van der Waals surface area contributed by atoms with Crippen LogP contribution < -0.4 is 0 Å². The van der Waals surface area contributed by atoms with Crippen LogP contribution in [0.25, 0.3) is 0 Å². The molecule has 6 atom stereocenters. The van der Waals surface area contributed by atoms with Crippen molar-refractivity contribution in [2.45, 2.75) is 477 Å². The van der Waals surface area contributed by atoms with Crippen molar-refractivity contribution in [1.82, 2.24) is 0 Å². The Balaban J connectivity index is 5.25. The number of unbranched alkanes of at least 4 members (excludes halogenated alkanes) is 54. The molecule has 0 aliphatic carbocycles. The summed E-state index contributed by atoms with van der Waals surface area (Å²) < 4.78 is 68.9. The number of aliphatic hydroxyl groups is 1. The van der Waals surface area contributed by atoms with Crippen molar-refractivity contribution in [1.29, 1.82) is 0 Å². The molecule has 0 amide bonds. The van der Waals surface area contributed by atoms with E-state index >= 15 is 0 Å². The summed E-state index contributed by atoms with van der Waals surface area (Å²) >= 11 is 0. The molecule has 0 aliphatic rings. The van der Waals surface area contributed by atoms with E-state index in [1.807, 2.05) is 0 Å². The summed E-state index contributed by atoms with van der Waals surface area (Å²) in [6.07, 6.45) is 69.4. The van der Waals surface area contributed by atoms with Gasteiger partial charge in [0.2, 0.25) is 0 Å². The molecule has 0 radical (unpaired) electrons. The number of carbonyl (C=O) groups excluding carboxylic acids is 4. The van der Waals surface area contributed by atoms with Crippen LogP contribution in [0.3, 0.4) is 0 Å². The molecule has 0 saturated heterocycles. The highest BCUT2D eigenvalue weighted by atomic mass is 31.2. The standard InChI is InChI=1S/C86H168O17P2/c1-7-10-12-14-16-18-20-22-24-26-27-28-29-31-37-41-45-53-59-65-71-85(90)102-81(74-96-83(88)68-62-56-50-43-39-35-33-32-34-38-42-49-55-61-67-79(6)9-3)76-100-104(92,93)98-72-80(87)73-99-105(94,95)101-77-82(75-97-84(89)69-63-57-51-47-46-48-54-60-66-78(4)5)103-86(91)70-64-58-52-44-40-36-30-25-23-21-19-17-15-13-11-8-2/h78-82,87H,7-77H2,1-6H3,(H,92,93)(H,94,95)/t79?,80-,81-,82-/m1/s1. The third-order valence-corrected chi connectivity index (χ3v) is 22.5. The summed E-state index contributed by atoms with van der Waals surface area (Å²) in [6.45, 7) is 9.70. The first-order valence-electron chi connectivity index (χ1n) is 44.5. The highest BCUT2D eigenvalue weighted by Gasteiger charge is 2.30. The summed E-state index contributed by atoms with van der Waals surface area (Å²) in [5.41, 5.74) is 0. The summed E-state index contributed by atoms with van der Waals surface area (Å²) in [5.74, 6) is -0.525. The number of esters is 4. The van der Waals surface area contributed by atoms with E-state index in [1.54, 1.807) is 0 Å². The Hall–Kier alpha value is -1.94. The van der Waals surface area contributed by atoms with Gasteiger partial charge in [-0.3, -0.25) is 37.3 Å². The van der Waals surface area contributed by atoms with Crippen LogP contribution in [0, 0.1) is 11.8 Å². The monoisotopic (exact) mass is 1540 g/mol. The molecule has 19 heteroatoms. The number of phosphoric ester groups is 2. The predicted octanol–water partition coefficient (Wildman–Crippen LogP) is 26.2. The quantitative estimate of drug-likeness (QED) is 0.0222. The lowest BCUT2D eigenvalue weighted by Gasteiger charge is -2.21. The SMILES string of the molecule is CCCCCCCCCCCCCCCCCCCCCCC(=O)O[C@H](COC(=O)CCCCCCCCCCCCCCCCC(C)CC)COP(=O)(O)OC[C@@H](O)COP(=O)(O)OC[C@@H](COC(=O)CCCCCCCCCCC(C)C)OC(=O)CCCCCCCCCCCCCCCCCC. The fraction of sp³-hybridized carbons (Fsp3) is 0.953. The smallest absolute Gasteiger partial charge is 0.462 e. The molecule has 0 heterocycles. The van der Waals surface area contributed by atoms with Crippen LogP contribution in [0.2, 0.25) is 0 Å². The zero-order chi connectivity index (χ0) is 77.1. The molecule has 0 fully saturated rings. The van der Waals surface area contributed by atoms with Crippen LogP contribution >= 0.6 is 15.6 Å². The van der Waals surface area contributed by atoms with E-state index in [0.29, 0.717) is 25.7 Å². The van der Waals surface area contributed by atoms with Crippen LogP contribution in [-0.2, 0) is 65.4 Å². The molecular formula is C86H168O17P2. The van der Waals surface area contributed by atoms with Crippen LogP contribution in [0.1, 0.15) is 459 Å². The van der Waals surface area contributed by atoms with E-state index in [2.05, 4.69) is 41.5 Å². The predicted molar refractivity (Wildman–Crippen MR) is 432 cm³/mol.